The van der Waals surface area contributed by atoms with Gasteiger partial charge in [0.2, 0.25) is 0 Å². The van der Waals surface area contributed by atoms with E-state index in [-0.39, 0.29) is 5.82 Å². The van der Waals surface area contributed by atoms with Gasteiger partial charge in [0.15, 0.2) is 0 Å². The SMILES string of the molecule is C=C(CCN)c1ccc(F)cc1Cl. The van der Waals surface area contributed by atoms with Crippen LogP contribution in [-0.2, 0) is 0 Å². The van der Waals surface area contributed by atoms with E-state index in [4.69, 9.17) is 17.3 Å². The molecule has 1 aromatic carbocycles. The molecule has 70 valence electrons. The minimum absolute atomic E-state index is 0.339. The smallest absolute Gasteiger partial charge is 0.124 e. The molecule has 3 heteroatoms. The molecule has 1 aromatic rings. The van der Waals surface area contributed by atoms with E-state index in [1.807, 2.05) is 0 Å². The number of hydrogen-bond donors (Lipinski definition) is 1. The lowest BCUT2D eigenvalue weighted by Crippen LogP contribution is -1.99. The minimum Gasteiger partial charge on any atom is -0.330 e. The zero-order chi connectivity index (χ0) is 9.84. The largest absolute Gasteiger partial charge is 0.330 e. The molecular weight excluding hydrogens is 189 g/mol. The lowest BCUT2D eigenvalue weighted by molar-refractivity contribution is 0.628. The van der Waals surface area contributed by atoms with Gasteiger partial charge in [-0.1, -0.05) is 24.2 Å². The highest BCUT2D eigenvalue weighted by molar-refractivity contribution is 6.32. The van der Waals surface area contributed by atoms with Crippen LogP contribution in [0.1, 0.15) is 12.0 Å². The van der Waals surface area contributed by atoms with E-state index in [1.165, 1.54) is 12.1 Å². The van der Waals surface area contributed by atoms with E-state index in [0.717, 1.165) is 11.1 Å². The van der Waals surface area contributed by atoms with Gasteiger partial charge in [0.25, 0.3) is 0 Å². The number of hydrogen-bond acceptors (Lipinski definition) is 1. The van der Waals surface area contributed by atoms with Crippen molar-refractivity contribution in [1.82, 2.24) is 0 Å². The maximum Gasteiger partial charge on any atom is 0.124 e. The van der Waals surface area contributed by atoms with Crippen LogP contribution in [-0.4, -0.2) is 6.54 Å². The van der Waals surface area contributed by atoms with Crippen molar-refractivity contribution in [3.63, 3.8) is 0 Å². The van der Waals surface area contributed by atoms with Gasteiger partial charge in [-0.3, -0.25) is 0 Å². The quantitative estimate of drug-likeness (QED) is 0.796. The van der Waals surface area contributed by atoms with Crippen LogP contribution in [0.25, 0.3) is 5.57 Å². The first-order valence-corrected chi connectivity index (χ1v) is 4.36. The van der Waals surface area contributed by atoms with Gasteiger partial charge in [-0.15, -0.1) is 0 Å². The molecule has 0 aliphatic rings. The first-order valence-electron chi connectivity index (χ1n) is 3.98. The van der Waals surface area contributed by atoms with Crippen LogP contribution in [0.4, 0.5) is 4.39 Å². The summed E-state index contributed by atoms with van der Waals surface area (Å²) in [5.74, 6) is -0.339. The summed E-state index contributed by atoms with van der Waals surface area (Å²) in [5, 5.41) is 0.387. The zero-order valence-electron chi connectivity index (χ0n) is 7.19. The van der Waals surface area contributed by atoms with Crippen molar-refractivity contribution in [2.45, 2.75) is 6.42 Å². The monoisotopic (exact) mass is 199 g/mol. The van der Waals surface area contributed by atoms with Crippen molar-refractivity contribution in [3.05, 3.63) is 41.2 Å². The molecule has 0 heterocycles. The summed E-state index contributed by atoms with van der Waals surface area (Å²) in [5.41, 5.74) is 6.98. The molecule has 0 radical (unpaired) electrons. The normalized spacial score (nSPS) is 10.1. The predicted molar refractivity (Wildman–Crippen MR) is 54.1 cm³/mol. The molecular formula is C10H11ClFN. The van der Waals surface area contributed by atoms with Gasteiger partial charge < -0.3 is 5.73 Å². The second-order valence-corrected chi connectivity index (χ2v) is 3.17. The summed E-state index contributed by atoms with van der Waals surface area (Å²) in [6.45, 7) is 4.34. The average Bonchev–Trinajstić information content (AvgIpc) is 2.04. The summed E-state index contributed by atoms with van der Waals surface area (Å²) in [6.07, 6.45) is 0.672. The maximum absolute atomic E-state index is 12.7. The maximum atomic E-state index is 12.7. The first kappa shape index (κ1) is 10.2. The predicted octanol–water partition coefficient (Wildman–Crippen LogP) is 2.84. The molecule has 0 unspecified atom stereocenters. The van der Waals surface area contributed by atoms with E-state index >= 15 is 0 Å². The highest BCUT2D eigenvalue weighted by atomic mass is 35.5. The molecule has 0 bridgehead atoms. The highest BCUT2D eigenvalue weighted by Gasteiger charge is 2.04. The Hall–Kier alpha value is -0.860. The summed E-state index contributed by atoms with van der Waals surface area (Å²) < 4.78 is 12.7. The third-order valence-corrected chi connectivity index (χ3v) is 2.07. The minimum atomic E-state index is -0.339. The van der Waals surface area contributed by atoms with Crippen molar-refractivity contribution in [3.8, 4) is 0 Å². The van der Waals surface area contributed by atoms with Gasteiger partial charge in [-0.2, -0.15) is 0 Å². The molecule has 2 N–H and O–H groups in total. The van der Waals surface area contributed by atoms with E-state index in [9.17, 15) is 4.39 Å². The molecule has 0 saturated heterocycles. The van der Waals surface area contributed by atoms with Crippen molar-refractivity contribution in [2.24, 2.45) is 5.73 Å². The van der Waals surface area contributed by atoms with E-state index in [1.54, 1.807) is 6.07 Å². The van der Waals surface area contributed by atoms with Crippen LogP contribution in [0, 0.1) is 5.82 Å². The number of nitrogens with two attached hydrogens (primary N) is 1. The van der Waals surface area contributed by atoms with Crippen molar-refractivity contribution >= 4 is 17.2 Å². The Morgan fingerprint density at radius 3 is 2.77 bits per heavy atom. The van der Waals surface area contributed by atoms with Crippen LogP contribution in [0.5, 0.6) is 0 Å². The molecule has 0 aromatic heterocycles. The summed E-state index contributed by atoms with van der Waals surface area (Å²) in [6, 6.07) is 4.26. The second-order valence-electron chi connectivity index (χ2n) is 2.77. The Labute approximate surface area is 82.0 Å². The van der Waals surface area contributed by atoms with Gasteiger partial charge in [-0.05, 0) is 36.2 Å². The molecule has 1 nitrogen and oxygen atoms in total. The van der Waals surface area contributed by atoms with Crippen LogP contribution < -0.4 is 5.73 Å². The second kappa shape index (κ2) is 4.40. The number of rotatable bonds is 3. The highest BCUT2D eigenvalue weighted by Crippen LogP contribution is 2.25. The van der Waals surface area contributed by atoms with E-state index < -0.39 is 0 Å². The lowest BCUT2D eigenvalue weighted by atomic mass is 10.0. The standard InChI is InChI=1S/C10H11ClFN/c1-7(4-5-13)9-3-2-8(12)6-10(9)11/h2-3,6H,1,4-5,13H2. The fourth-order valence-corrected chi connectivity index (χ4v) is 1.39. The molecule has 0 aliphatic carbocycles. The molecule has 0 fully saturated rings. The van der Waals surface area contributed by atoms with Crippen LogP contribution >= 0.6 is 11.6 Å². The molecule has 0 saturated carbocycles. The molecule has 0 aliphatic heterocycles. The molecule has 0 amide bonds. The molecule has 0 spiro atoms. The zero-order valence-corrected chi connectivity index (χ0v) is 7.94. The molecule has 0 atom stereocenters. The average molecular weight is 200 g/mol. The fourth-order valence-electron chi connectivity index (χ4n) is 1.09. The number of benzene rings is 1. The fraction of sp³-hybridized carbons (Fsp3) is 0.200. The molecule has 13 heavy (non-hydrogen) atoms. The Balaban J connectivity index is 2.95. The Morgan fingerprint density at radius 2 is 2.23 bits per heavy atom. The van der Waals surface area contributed by atoms with Crippen molar-refractivity contribution in [1.29, 1.82) is 0 Å². The summed E-state index contributed by atoms with van der Waals surface area (Å²) in [7, 11) is 0. The topological polar surface area (TPSA) is 26.0 Å². The van der Waals surface area contributed by atoms with Crippen molar-refractivity contribution < 1.29 is 4.39 Å². The third kappa shape index (κ3) is 2.54. The number of halogens is 2. The van der Waals surface area contributed by atoms with E-state index in [2.05, 4.69) is 6.58 Å². The Bertz CT molecular complexity index is 323. The van der Waals surface area contributed by atoms with Gasteiger partial charge >= 0.3 is 0 Å². The molecule has 1 rings (SSSR count). The lowest BCUT2D eigenvalue weighted by Gasteiger charge is -2.06. The Kier molecular flexibility index (Phi) is 3.46. The van der Waals surface area contributed by atoms with Crippen LogP contribution in [0.3, 0.4) is 0 Å². The van der Waals surface area contributed by atoms with Gasteiger partial charge in [0.05, 0.1) is 5.02 Å². The first-order chi connectivity index (χ1) is 6.15. The van der Waals surface area contributed by atoms with Crippen molar-refractivity contribution in [2.75, 3.05) is 6.54 Å². The van der Waals surface area contributed by atoms with Gasteiger partial charge in [0.1, 0.15) is 5.82 Å². The third-order valence-electron chi connectivity index (χ3n) is 1.76. The van der Waals surface area contributed by atoms with Crippen LogP contribution in [0.15, 0.2) is 24.8 Å². The summed E-state index contributed by atoms with van der Waals surface area (Å²) >= 11 is 5.82. The Morgan fingerprint density at radius 1 is 1.54 bits per heavy atom. The van der Waals surface area contributed by atoms with Gasteiger partial charge in [0, 0.05) is 0 Å². The summed E-state index contributed by atoms with van der Waals surface area (Å²) in [4.78, 5) is 0. The van der Waals surface area contributed by atoms with E-state index in [0.29, 0.717) is 18.0 Å². The van der Waals surface area contributed by atoms with Crippen LogP contribution in [0.2, 0.25) is 5.02 Å². The van der Waals surface area contributed by atoms with Gasteiger partial charge in [-0.25, -0.2) is 4.39 Å².